The molecule has 2 aromatic carbocycles. The fourth-order valence-corrected chi connectivity index (χ4v) is 5.16. The van der Waals surface area contributed by atoms with Crippen LogP contribution in [0.15, 0.2) is 75.5 Å². The van der Waals surface area contributed by atoms with E-state index in [0.29, 0.717) is 28.7 Å². The van der Waals surface area contributed by atoms with Crippen molar-refractivity contribution in [3.8, 4) is 5.75 Å². The van der Waals surface area contributed by atoms with E-state index in [0.717, 1.165) is 3.57 Å². The fraction of sp³-hybridized carbons (Fsp3) is 0.367. The number of nitrogens with zero attached hydrogens (tertiary/aromatic N) is 1. The number of para-hydroxylation sites is 2. The molecule has 212 valence electrons. The van der Waals surface area contributed by atoms with Crippen LogP contribution in [0.1, 0.15) is 37.0 Å². The summed E-state index contributed by atoms with van der Waals surface area (Å²) in [5.41, 5.74) is -0.239. The average molecular weight is 661 g/mol. The maximum Gasteiger partial charge on any atom is 0.349 e. The predicted molar refractivity (Wildman–Crippen MR) is 159 cm³/mol. The van der Waals surface area contributed by atoms with Crippen molar-refractivity contribution in [3.05, 3.63) is 85.8 Å². The number of hydrogen-bond acceptors (Lipinski definition) is 7. The van der Waals surface area contributed by atoms with Crippen LogP contribution in [0.3, 0.4) is 0 Å². The smallest absolute Gasteiger partial charge is 0.349 e. The number of fused-ring (bicyclic) bond motifs is 1. The van der Waals surface area contributed by atoms with E-state index in [1.54, 1.807) is 42.5 Å². The molecule has 3 unspecified atom stereocenters. The SMILES string of the molecule is CC(C)CCN(C(=O)c1cc2ccccc2oc1=O)C1CC(C(=O)NCCO)=CC(Oc2ccccc2I)C1O. The molecule has 0 fully saturated rings. The summed E-state index contributed by atoms with van der Waals surface area (Å²) in [6, 6.07) is 14.9. The highest BCUT2D eigenvalue weighted by Gasteiger charge is 2.41. The van der Waals surface area contributed by atoms with E-state index in [4.69, 9.17) is 9.15 Å². The van der Waals surface area contributed by atoms with Crippen molar-refractivity contribution in [2.75, 3.05) is 19.7 Å². The molecule has 0 radical (unpaired) electrons. The monoisotopic (exact) mass is 660 g/mol. The number of rotatable bonds is 10. The Morgan fingerprint density at radius 2 is 1.90 bits per heavy atom. The summed E-state index contributed by atoms with van der Waals surface area (Å²) >= 11 is 2.12. The highest BCUT2D eigenvalue weighted by atomic mass is 127. The molecule has 40 heavy (non-hydrogen) atoms. The van der Waals surface area contributed by atoms with Gasteiger partial charge in [0.1, 0.15) is 29.1 Å². The van der Waals surface area contributed by atoms with Crippen LogP contribution in [-0.2, 0) is 4.79 Å². The van der Waals surface area contributed by atoms with Crippen molar-refractivity contribution >= 4 is 45.4 Å². The number of benzene rings is 2. The zero-order valence-electron chi connectivity index (χ0n) is 22.4. The molecular weight excluding hydrogens is 627 g/mol. The number of aliphatic hydroxyl groups is 2. The first-order valence-corrected chi connectivity index (χ1v) is 14.3. The Morgan fingerprint density at radius 3 is 2.62 bits per heavy atom. The van der Waals surface area contributed by atoms with Crippen LogP contribution >= 0.6 is 22.6 Å². The van der Waals surface area contributed by atoms with E-state index >= 15 is 0 Å². The van der Waals surface area contributed by atoms with E-state index in [1.807, 2.05) is 26.0 Å². The minimum Gasteiger partial charge on any atom is -0.482 e. The van der Waals surface area contributed by atoms with Crippen LogP contribution in [0.2, 0.25) is 0 Å². The molecule has 0 spiro atoms. The van der Waals surface area contributed by atoms with Crippen LogP contribution < -0.4 is 15.7 Å². The Labute approximate surface area is 246 Å². The van der Waals surface area contributed by atoms with Gasteiger partial charge in [-0.15, -0.1) is 0 Å². The summed E-state index contributed by atoms with van der Waals surface area (Å²) in [5, 5.41) is 24.0. The molecular formula is C30H33IN2O7. The number of ether oxygens (including phenoxy) is 1. The zero-order valence-corrected chi connectivity index (χ0v) is 24.5. The minimum atomic E-state index is -1.20. The Bertz CT molecular complexity index is 1450. The summed E-state index contributed by atoms with van der Waals surface area (Å²) in [6.07, 6.45) is 0.0476. The molecule has 0 saturated carbocycles. The Hall–Kier alpha value is -3.22. The largest absolute Gasteiger partial charge is 0.482 e. The van der Waals surface area contributed by atoms with Crippen molar-refractivity contribution in [3.63, 3.8) is 0 Å². The van der Waals surface area contributed by atoms with Crippen molar-refractivity contribution < 1.29 is 29.0 Å². The normalized spacial score (nSPS) is 18.9. The van der Waals surface area contributed by atoms with Crippen LogP contribution in [0.4, 0.5) is 0 Å². The maximum absolute atomic E-state index is 14.0. The molecule has 9 nitrogen and oxygen atoms in total. The second-order valence-electron chi connectivity index (χ2n) is 10.1. The standard InChI is InChI=1S/C30H33IN2O7/c1-18(2)11-13-33(29(37)21-15-19-7-3-5-9-24(19)40-30(21)38)23-16-20(28(36)32-12-14-34)17-26(27(23)35)39-25-10-6-4-8-22(25)31/h3-10,15,17-18,23,26-27,34-35H,11-14,16H2,1-2H3,(H,32,36). The second kappa shape index (κ2) is 13.4. The molecule has 0 aliphatic heterocycles. The first-order valence-electron chi connectivity index (χ1n) is 13.2. The van der Waals surface area contributed by atoms with Gasteiger partial charge in [-0.25, -0.2) is 4.79 Å². The summed E-state index contributed by atoms with van der Waals surface area (Å²) in [5.74, 6) is -0.266. The van der Waals surface area contributed by atoms with Gasteiger partial charge in [0, 0.05) is 30.5 Å². The fourth-order valence-electron chi connectivity index (χ4n) is 4.65. The summed E-state index contributed by atoms with van der Waals surface area (Å²) in [6.45, 7) is 4.09. The molecule has 1 heterocycles. The van der Waals surface area contributed by atoms with Gasteiger partial charge in [0.15, 0.2) is 0 Å². The Morgan fingerprint density at radius 1 is 1.18 bits per heavy atom. The molecule has 10 heteroatoms. The molecule has 1 aliphatic carbocycles. The number of carbonyl (C=O) groups is 2. The zero-order chi connectivity index (χ0) is 28.8. The molecule has 3 atom stereocenters. The van der Waals surface area contributed by atoms with E-state index in [-0.39, 0.29) is 37.6 Å². The lowest BCUT2D eigenvalue weighted by molar-refractivity contribution is -0.118. The topological polar surface area (TPSA) is 129 Å². The van der Waals surface area contributed by atoms with Gasteiger partial charge < -0.3 is 29.6 Å². The van der Waals surface area contributed by atoms with Gasteiger partial charge in [-0.2, -0.15) is 0 Å². The second-order valence-corrected chi connectivity index (χ2v) is 11.3. The molecule has 1 aromatic heterocycles. The highest BCUT2D eigenvalue weighted by molar-refractivity contribution is 14.1. The van der Waals surface area contributed by atoms with E-state index in [1.165, 1.54) is 11.0 Å². The van der Waals surface area contributed by atoms with Gasteiger partial charge in [0.2, 0.25) is 5.91 Å². The van der Waals surface area contributed by atoms with E-state index in [2.05, 4.69) is 27.9 Å². The van der Waals surface area contributed by atoms with Gasteiger partial charge in [-0.1, -0.05) is 44.2 Å². The highest BCUT2D eigenvalue weighted by Crippen LogP contribution is 2.30. The molecule has 2 amide bonds. The van der Waals surface area contributed by atoms with Crippen molar-refractivity contribution in [2.45, 2.75) is 44.9 Å². The van der Waals surface area contributed by atoms with Crippen molar-refractivity contribution in [1.82, 2.24) is 10.2 Å². The van der Waals surface area contributed by atoms with Crippen LogP contribution in [0, 0.1) is 9.49 Å². The lowest BCUT2D eigenvalue weighted by atomic mass is 9.87. The van der Waals surface area contributed by atoms with Crippen LogP contribution in [0.5, 0.6) is 5.75 Å². The van der Waals surface area contributed by atoms with E-state index < -0.39 is 35.7 Å². The number of amides is 2. The summed E-state index contributed by atoms with van der Waals surface area (Å²) in [7, 11) is 0. The lowest BCUT2D eigenvalue weighted by Crippen LogP contribution is -2.56. The molecule has 0 bridgehead atoms. The number of carbonyl (C=O) groups excluding carboxylic acids is 2. The summed E-state index contributed by atoms with van der Waals surface area (Å²) < 4.78 is 12.4. The quantitative estimate of drug-likeness (QED) is 0.224. The van der Waals surface area contributed by atoms with Crippen molar-refractivity contribution in [1.29, 1.82) is 0 Å². The third kappa shape index (κ3) is 6.91. The van der Waals surface area contributed by atoms with Gasteiger partial charge in [-0.3, -0.25) is 9.59 Å². The van der Waals surface area contributed by atoms with E-state index in [9.17, 15) is 24.6 Å². The molecule has 0 saturated heterocycles. The van der Waals surface area contributed by atoms with Crippen LogP contribution in [0.25, 0.3) is 11.0 Å². The lowest BCUT2D eigenvalue weighted by Gasteiger charge is -2.40. The molecule has 1 aliphatic rings. The van der Waals surface area contributed by atoms with Gasteiger partial charge in [-0.05, 0) is 65.3 Å². The number of halogens is 1. The Balaban J connectivity index is 1.74. The van der Waals surface area contributed by atoms with Crippen LogP contribution in [-0.4, -0.2) is 64.9 Å². The minimum absolute atomic E-state index is 0.0346. The Kier molecular flexibility index (Phi) is 9.99. The van der Waals surface area contributed by atoms with Gasteiger partial charge in [0.25, 0.3) is 5.91 Å². The van der Waals surface area contributed by atoms with Gasteiger partial charge >= 0.3 is 5.63 Å². The third-order valence-electron chi connectivity index (χ3n) is 6.79. The molecule has 3 N–H and O–H groups in total. The average Bonchev–Trinajstić information content (AvgIpc) is 2.94. The van der Waals surface area contributed by atoms with Crippen molar-refractivity contribution in [2.24, 2.45) is 5.92 Å². The number of nitrogens with one attached hydrogen (secondary N) is 1. The number of aliphatic hydroxyl groups excluding tert-OH is 2. The third-order valence-corrected chi connectivity index (χ3v) is 7.69. The molecule has 4 rings (SSSR count). The maximum atomic E-state index is 14.0. The predicted octanol–water partition coefficient (Wildman–Crippen LogP) is 3.50. The number of hydrogen-bond donors (Lipinski definition) is 3. The first kappa shape index (κ1) is 29.8. The molecule has 3 aromatic rings. The first-order chi connectivity index (χ1) is 19.2. The summed E-state index contributed by atoms with van der Waals surface area (Å²) in [4.78, 5) is 41.4. The van der Waals surface area contributed by atoms with Gasteiger partial charge in [0.05, 0.1) is 16.2 Å².